The molecular formula is C19H22FN3S2. The molecule has 3 nitrogen and oxygen atoms in total. The van der Waals surface area contributed by atoms with Crippen molar-refractivity contribution in [1.29, 1.82) is 0 Å². The molecule has 0 amide bonds. The average Bonchev–Trinajstić information content (AvgIpc) is 3.22. The number of thiophene rings is 1. The molecule has 3 aromatic rings. The first-order valence-corrected chi connectivity index (χ1v) is 10.3. The molecular weight excluding hydrogens is 353 g/mol. The molecule has 0 spiro atoms. The summed E-state index contributed by atoms with van der Waals surface area (Å²) in [5.41, 5.74) is 1.81. The summed E-state index contributed by atoms with van der Waals surface area (Å²) in [6, 6.07) is 9.09. The van der Waals surface area contributed by atoms with Crippen LogP contribution < -0.4 is 0 Å². The summed E-state index contributed by atoms with van der Waals surface area (Å²) in [6.45, 7) is 7.39. The minimum absolute atomic E-state index is 0.170. The van der Waals surface area contributed by atoms with Gasteiger partial charge in [-0.25, -0.2) is 4.39 Å². The van der Waals surface area contributed by atoms with Gasteiger partial charge in [-0.05, 0) is 30.0 Å². The summed E-state index contributed by atoms with van der Waals surface area (Å²) in [4.78, 5) is 1.35. The van der Waals surface area contributed by atoms with Crippen molar-refractivity contribution in [3.63, 3.8) is 0 Å². The fourth-order valence-corrected chi connectivity index (χ4v) is 4.42. The number of halogens is 1. The lowest BCUT2D eigenvalue weighted by Crippen LogP contribution is -2.01. The molecule has 3 rings (SSSR count). The van der Waals surface area contributed by atoms with Crippen molar-refractivity contribution >= 4 is 23.1 Å². The normalized spacial score (nSPS) is 11.4. The number of hydrogen-bond acceptors (Lipinski definition) is 4. The second-order valence-electron chi connectivity index (χ2n) is 6.23. The van der Waals surface area contributed by atoms with Gasteiger partial charge in [-0.1, -0.05) is 50.7 Å². The molecule has 2 aromatic heterocycles. The number of aromatic nitrogens is 3. The molecule has 0 radical (unpaired) electrons. The third kappa shape index (κ3) is 4.12. The van der Waals surface area contributed by atoms with Crippen molar-refractivity contribution in [2.75, 3.05) is 0 Å². The number of hydrogen-bond donors (Lipinski definition) is 0. The fourth-order valence-electron chi connectivity index (χ4n) is 2.56. The zero-order valence-electron chi connectivity index (χ0n) is 14.7. The summed E-state index contributed by atoms with van der Waals surface area (Å²) >= 11 is 3.30. The summed E-state index contributed by atoms with van der Waals surface area (Å²) in [6.07, 6.45) is 0.999. The van der Waals surface area contributed by atoms with Crippen LogP contribution in [-0.2, 0) is 12.3 Å². The quantitative estimate of drug-likeness (QED) is 0.477. The highest BCUT2D eigenvalue weighted by atomic mass is 32.2. The van der Waals surface area contributed by atoms with Gasteiger partial charge < -0.3 is 4.57 Å². The summed E-state index contributed by atoms with van der Waals surface area (Å²) in [5, 5.41) is 11.8. The van der Waals surface area contributed by atoms with E-state index in [0.29, 0.717) is 17.2 Å². The largest absolute Gasteiger partial charge is 0.302 e. The van der Waals surface area contributed by atoms with Crippen LogP contribution >= 0.6 is 23.1 Å². The Kier molecular flexibility index (Phi) is 5.91. The van der Waals surface area contributed by atoms with E-state index in [2.05, 4.69) is 47.0 Å². The molecule has 0 aliphatic rings. The van der Waals surface area contributed by atoms with Crippen LogP contribution in [0.5, 0.6) is 0 Å². The van der Waals surface area contributed by atoms with Crippen molar-refractivity contribution < 1.29 is 4.39 Å². The van der Waals surface area contributed by atoms with E-state index in [1.807, 2.05) is 12.1 Å². The van der Waals surface area contributed by atoms with Crippen LogP contribution in [0.3, 0.4) is 0 Å². The summed E-state index contributed by atoms with van der Waals surface area (Å²) in [5.74, 6) is 1.79. The molecule has 132 valence electrons. The molecule has 0 fully saturated rings. The lowest BCUT2D eigenvalue weighted by atomic mass is 10.1. The highest BCUT2D eigenvalue weighted by Crippen LogP contribution is 2.32. The van der Waals surface area contributed by atoms with E-state index < -0.39 is 0 Å². The van der Waals surface area contributed by atoms with E-state index in [4.69, 9.17) is 0 Å². The van der Waals surface area contributed by atoms with Gasteiger partial charge in [0.1, 0.15) is 5.82 Å². The zero-order valence-corrected chi connectivity index (χ0v) is 16.3. The smallest absolute Gasteiger partial charge is 0.191 e. The van der Waals surface area contributed by atoms with E-state index in [1.54, 1.807) is 17.4 Å². The molecule has 0 saturated carbocycles. The molecule has 0 atom stereocenters. The van der Waals surface area contributed by atoms with E-state index in [0.717, 1.165) is 29.5 Å². The first kappa shape index (κ1) is 18.1. The monoisotopic (exact) mass is 375 g/mol. The van der Waals surface area contributed by atoms with Crippen LogP contribution in [0.4, 0.5) is 4.39 Å². The minimum Gasteiger partial charge on any atom is -0.302 e. The number of nitrogens with zero attached hydrogens (tertiary/aromatic N) is 3. The van der Waals surface area contributed by atoms with Crippen LogP contribution in [-0.4, -0.2) is 14.8 Å². The van der Waals surface area contributed by atoms with Gasteiger partial charge in [0, 0.05) is 28.1 Å². The van der Waals surface area contributed by atoms with Crippen molar-refractivity contribution in [1.82, 2.24) is 14.8 Å². The molecule has 0 bridgehead atoms. The Bertz CT molecular complexity index is 839. The van der Waals surface area contributed by atoms with E-state index >= 15 is 0 Å². The second-order valence-corrected chi connectivity index (χ2v) is 8.12. The lowest BCUT2D eigenvalue weighted by molar-refractivity contribution is 0.615. The highest BCUT2D eigenvalue weighted by molar-refractivity contribution is 7.98. The predicted molar refractivity (Wildman–Crippen MR) is 104 cm³/mol. The maximum absolute atomic E-state index is 13.8. The third-order valence-corrected chi connectivity index (χ3v) is 6.17. The van der Waals surface area contributed by atoms with Crippen molar-refractivity contribution in [2.45, 2.75) is 50.6 Å². The van der Waals surface area contributed by atoms with Crippen LogP contribution in [0.2, 0.25) is 0 Å². The maximum Gasteiger partial charge on any atom is 0.191 e. The maximum atomic E-state index is 13.8. The van der Waals surface area contributed by atoms with Gasteiger partial charge in [-0.15, -0.1) is 21.5 Å². The van der Waals surface area contributed by atoms with Crippen LogP contribution in [0.1, 0.15) is 43.6 Å². The number of rotatable bonds is 7. The van der Waals surface area contributed by atoms with Gasteiger partial charge in [0.2, 0.25) is 0 Å². The fraction of sp³-hybridized carbons (Fsp3) is 0.368. The first-order valence-electron chi connectivity index (χ1n) is 8.48. The zero-order chi connectivity index (χ0) is 17.8. The van der Waals surface area contributed by atoms with Gasteiger partial charge in [0.05, 0.1) is 0 Å². The van der Waals surface area contributed by atoms with Crippen LogP contribution in [0.25, 0.3) is 11.4 Å². The van der Waals surface area contributed by atoms with E-state index in [-0.39, 0.29) is 5.82 Å². The van der Waals surface area contributed by atoms with Gasteiger partial charge >= 0.3 is 0 Å². The molecule has 2 heterocycles. The molecule has 0 unspecified atom stereocenters. The molecule has 0 N–H and O–H groups in total. The Morgan fingerprint density at radius 3 is 2.72 bits per heavy atom. The van der Waals surface area contributed by atoms with Gasteiger partial charge in [0.15, 0.2) is 11.0 Å². The molecule has 0 aliphatic carbocycles. The van der Waals surface area contributed by atoms with Gasteiger partial charge in [-0.3, -0.25) is 0 Å². The summed E-state index contributed by atoms with van der Waals surface area (Å²) < 4.78 is 16.0. The standard InChI is InChI=1S/C19H22FN3S2/c1-4-9-23-18(15-10-17(13(2)3)24-12-15)21-22-19(23)25-11-14-7-5-6-8-16(14)20/h5-8,10,12-13H,4,9,11H2,1-3H3. The summed E-state index contributed by atoms with van der Waals surface area (Å²) in [7, 11) is 0. The molecule has 0 saturated heterocycles. The van der Waals surface area contributed by atoms with Crippen LogP contribution in [0, 0.1) is 5.82 Å². The minimum atomic E-state index is -0.170. The Morgan fingerprint density at radius 2 is 2.04 bits per heavy atom. The third-order valence-electron chi connectivity index (χ3n) is 3.93. The molecule has 6 heteroatoms. The molecule has 0 aliphatic heterocycles. The SMILES string of the molecule is CCCn1c(SCc2ccccc2F)nnc1-c1csc(C(C)C)c1. The topological polar surface area (TPSA) is 30.7 Å². The van der Waals surface area contributed by atoms with Crippen LogP contribution in [0.15, 0.2) is 40.9 Å². The Hall–Kier alpha value is -1.66. The van der Waals surface area contributed by atoms with E-state index in [1.165, 1.54) is 22.7 Å². The Morgan fingerprint density at radius 1 is 1.24 bits per heavy atom. The van der Waals surface area contributed by atoms with Gasteiger partial charge in [0.25, 0.3) is 0 Å². The Labute approximate surface area is 156 Å². The molecule has 1 aromatic carbocycles. The van der Waals surface area contributed by atoms with Crippen molar-refractivity contribution in [3.05, 3.63) is 52.0 Å². The molecule has 25 heavy (non-hydrogen) atoms. The Balaban J connectivity index is 1.85. The average molecular weight is 376 g/mol. The number of benzene rings is 1. The van der Waals surface area contributed by atoms with Crippen molar-refractivity contribution in [3.8, 4) is 11.4 Å². The first-order chi connectivity index (χ1) is 12.1. The van der Waals surface area contributed by atoms with Gasteiger partial charge in [-0.2, -0.15) is 0 Å². The predicted octanol–water partition coefficient (Wildman–Crippen LogP) is 5.97. The lowest BCUT2D eigenvalue weighted by Gasteiger charge is -2.08. The van der Waals surface area contributed by atoms with Crippen molar-refractivity contribution in [2.24, 2.45) is 0 Å². The second kappa shape index (κ2) is 8.15. The van der Waals surface area contributed by atoms with E-state index in [9.17, 15) is 4.39 Å². The highest BCUT2D eigenvalue weighted by Gasteiger charge is 2.16. The number of thioether (sulfide) groups is 1.